The fourth-order valence-electron chi connectivity index (χ4n) is 2.26. The molecular weight excluding hydrogens is 206 g/mol. The van der Waals surface area contributed by atoms with Crippen LogP contribution in [0.2, 0.25) is 0 Å². The Labute approximate surface area is 94.7 Å². The highest BCUT2D eigenvalue weighted by Crippen LogP contribution is 2.19. The van der Waals surface area contributed by atoms with Gasteiger partial charge in [0, 0.05) is 18.9 Å². The van der Waals surface area contributed by atoms with Crippen molar-refractivity contribution in [3.63, 3.8) is 0 Å². The molecule has 1 saturated heterocycles. The number of carboxylic acid groups (broad SMARTS) is 1. The van der Waals surface area contributed by atoms with E-state index in [1.54, 1.807) is 6.20 Å². The summed E-state index contributed by atoms with van der Waals surface area (Å²) >= 11 is 0. The van der Waals surface area contributed by atoms with Crippen LogP contribution in [-0.2, 0) is 17.9 Å². The van der Waals surface area contributed by atoms with Crippen LogP contribution in [0.3, 0.4) is 0 Å². The highest BCUT2D eigenvalue weighted by molar-refractivity contribution is 5.73. The SMILES string of the molecule is CCn1ccnc1CN1CCCC1C(=O)O. The van der Waals surface area contributed by atoms with Crippen LogP contribution in [0.4, 0.5) is 0 Å². The average molecular weight is 223 g/mol. The van der Waals surface area contributed by atoms with Crippen LogP contribution < -0.4 is 0 Å². The molecule has 1 aromatic rings. The molecule has 1 unspecified atom stereocenters. The second kappa shape index (κ2) is 4.65. The first-order valence-corrected chi connectivity index (χ1v) is 5.69. The van der Waals surface area contributed by atoms with E-state index in [2.05, 4.69) is 16.5 Å². The summed E-state index contributed by atoms with van der Waals surface area (Å²) in [4.78, 5) is 17.3. The number of carbonyl (C=O) groups is 1. The second-order valence-corrected chi connectivity index (χ2v) is 4.10. The smallest absolute Gasteiger partial charge is 0.320 e. The van der Waals surface area contributed by atoms with E-state index >= 15 is 0 Å². The largest absolute Gasteiger partial charge is 0.480 e. The number of aliphatic carboxylic acids is 1. The number of nitrogens with zero attached hydrogens (tertiary/aromatic N) is 3. The number of carboxylic acids is 1. The molecule has 1 aliphatic heterocycles. The fourth-order valence-corrected chi connectivity index (χ4v) is 2.26. The predicted molar refractivity (Wildman–Crippen MR) is 59.0 cm³/mol. The van der Waals surface area contributed by atoms with E-state index in [0.717, 1.165) is 31.8 Å². The number of imidazole rings is 1. The van der Waals surface area contributed by atoms with Crippen molar-refractivity contribution >= 4 is 5.97 Å². The van der Waals surface area contributed by atoms with Crippen LogP contribution >= 0.6 is 0 Å². The van der Waals surface area contributed by atoms with Crippen molar-refractivity contribution < 1.29 is 9.90 Å². The number of hydrogen-bond donors (Lipinski definition) is 1. The Balaban J connectivity index is 2.06. The summed E-state index contributed by atoms with van der Waals surface area (Å²) in [5.74, 6) is 0.239. The van der Waals surface area contributed by atoms with Gasteiger partial charge in [0.1, 0.15) is 11.9 Å². The fraction of sp³-hybridized carbons (Fsp3) is 0.636. The lowest BCUT2D eigenvalue weighted by Crippen LogP contribution is -2.36. The van der Waals surface area contributed by atoms with Crippen LogP contribution in [0.25, 0.3) is 0 Å². The van der Waals surface area contributed by atoms with E-state index in [-0.39, 0.29) is 6.04 Å². The molecule has 0 aliphatic carbocycles. The molecule has 0 amide bonds. The van der Waals surface area contributed by atoms with Gasteiger partial charge in [0.15, 0.2) is 0 Å². The van der Waals surface area contributed by atoms with E-state index in [1.165, 1.54) is 0 Å². The van der Waals surface area contributed by atoms with Crippen molar-refractivity contribution in [2.75, 3.05) is 6.54 Å². The Hall–Kier alpha value is -1.36. The predicted octanol–water partition coefficient (Wildman–Crippen LogP) is 0.952. The van der Waals surface area contributed by atoms with E-state index in [9.17, 15) is 4.79 Å². The molecule has 0 aromatic carbocycles. The number of hydrogen-bond acceptors (Lipinski definition) is 3. The monoisotopic (exact) mass is 223 g/mol. The number of aryl methyl sites for hydroxylation is 1. The van der Waals surface area contributed by atoms with Gasteiger partial charge in [-0.2, -0.15) is 0 Å². The van der Waals surface area contributed by atoms with Gasteiger partial charge in [-0.15, -0.1) is 0 Å². The van der Waals surface area contributed by atoms with Gasteiger partial charge in [0.2, 0.25) is 0 Å². The molecule has 0 spiro atoms. The van der Waals surface area contributed by atoms with Crippen molar-refractivity contribution in [1.82, 2.24) is 14.5 Å². The van der Waals surface area contributed by atoms with Gasteiger partial charge in [-0.25, -0.2) is 4.98 Å². The molecule has 0 saturated carbocycles. The topological polar surface area (TPSA) is 58.4 Å². The van der Waals surface area contributed by atoms with Gasteiger partial charge >= 0.3 is 5.97 Å². The summed E-state index contributed by atoms with van der Waals surface area (Å²) in [6, 6.07) is -0.331. The van der Waals surface area contributed by atoms with E-state index < -0.39 is 5.97 Å². The van der Waals surface area contributed by atoms with Crippen LogP contribution in [0.1, 0.15) is 25.6 Å². The van der Waals surface area contributed by atoms with Crippen molar-refractivity contribution in [2.45, 2.75) is 38.9 Å². The van der Waals surface area contributed by atoms with Gasteiger partial charge in [0.05, 0.1) is 6.54 Å². The Morgan fingerprint density at radius 3 is 3.19 bits per heavy atom. The maximum atomic E-state index is 11.0. The minimum absolute atomic E-state index is 0.331. The van der Waals surface area contributed by atoms with Crippen LogP contribution in [0.15, 0.2) is 12.4 Å². The normalized spacial score (nSPS) is 21.4. The Morgan fingerprint density at radius 2 is 2.50 bits per heavy atom. The van der Waals surface area contributed by atoms with Gasteiger partial charge in [-0.3, -0.25) is 9.69 Å². The number of aromatic nitrogens is 2. The standard InChI is InChI=1S/C11H17N3O2/c1-2-13-7-5-12-10(13)8-14-6-3-4-9(14)11(15)16/h5,7,9H,2-4,6,8H2,1H3,(H,15,16). The minimum atomic E-state index is -0.716. The average Bonchev–Trinajstić information content (AvgIpc) is 2.86. The molecule has 16 heavy (non-hydrogen) atoms. The summed E-state index contributed by atoms with van der Waals surface area (Å²) in [7, 11) is 0. The molecule has 2 rings (SSSR count). The van der Waals surface area contributed by atoms with Gasteiger partial charge in [0.25, 0.3) is 0 Å². The quantitative estimate of drug-likeness (QED) is 0.825. The molecular formula is C11H17N3O2. The first kappa shape index (κ1) is 11.1. The van der Waals surface area contributed by atoms with Crippen LogP contribution in [-0.4, -0.2) is 38.1 Å². The maximum absolute atomic E-state index is 11.0. The van der Waals surface area contributed by atoms with E-state index in [1.807, 2.05) is 11.1 Å². The summed E-state index contributed by atoms with van der Waals surface area (Å²) in [5, 5.41) is 9.07. The zero-order chi connectivity index (χ0) is 11.5. The molecule has 1 fully saturated rings. The zero-order valence-electron chi connectivity index (χ0n) is 9.46. The first-order chi connectivity index (χ1) is 7.72. The summed E-state index contributed by atoms with van der Waals surface area (Å²) < 4.78 is 2.05. The van der Waals surface area contributed by atoms with Crippen molar-refractivity contribution in [3.05, 3.63) is 18.2 Å². The second-order valence-electron chi connectivity index (χ2n) is 4.10. The third-order valence-electron chi connectivity index (χ3n) is 3.14. The molecule has 0 bridgehead atoms. The first-order valence-electron chi connectivity index (χ1n) is 5.69. The molecule has 1 atom stereocenters. The lowest BCUT2D eigenvalue weighted by Gasteiger charge is -2.20. The minimum Gasteiger partial charge on any atom is -0.480 e. The molecule has 0 radical (unpaired) electrons. The Morgan fingerprint density at radius 1 is 1.69 bits per heavy atom. The summed E-state index contributed by atoms with van der Waals surface area (Å²) in [5.41, 5.74) is 0. The number of rotatable bonds is 4. The third-order valence-corrected chi connectivity index (χ3v) is 3.14. The lowest BCUT2D eigenvalue weighted by molar-refractivity contribution is -0.142. The highest BCUT2D eigenvalue weighted by Gasteiger charge is 2.30. The number of likely N-dealkylation sites (tertiary alicyclic amines) is 1. The maximum Gasteiger partial charge on any atom is 0.320 e. The van der Waals surface area contributed by atoms with Crippen LogP contribution in [0, 0.1) is 0 Å². The Kier molecular flexibility index (Phi) is 3.24. The molecule has 2 heterocycles. The van der Waals surface area contributed by atoms with Gasteiger partial charge < -0.3 is 9.67 Å². The van der Waals surface area contributed by atoms with Gasteiger partial charge in [-0.05, 0) is 26.3 Å². The molecule has 5 heteroatoms. The van der Waals surface area contributed by atoms with Crippen molar-refractivity contribution in [1.29, 1.82) is 0 Å². The summed E-state index contributed by atoms with van der Waals surface area (Å²) in [6.07, 6.45) is 5.41. The molecule has 88 valence electrons. The van der Waals surface area contributed by atoms with Gasteiger partial charge in [-0.1, -0.05) is 0 Å². The van der Waals surface area contributed by atoms with E-state index in [0.29, 0.717) is 6.54 Å². The lowest BCUT2D eigenvalue weighted by atomic mass is 10.2. The zero-order valence-corrected chi connectivity index (χ0v) is 9.46. The Bertz CT molecular complexity index is 375. The third kappa shape index (κ3) is 2.09. The molecule has 5 nitrogen and oxygen atoms in total. The molecule has 1 aromatic heterocycles. The highest BCUT2D eigenvalue weighted by atomic mass is 16.4. The van der Waals surface area contributed by atoms with E-state index in [4.69, 9.17) is 5.11 Å². The van der Waals surface area contributed by atoms with Crippen LogP contribution in [0.5, 0.6) is 0 Å². The molecule has 1 aliphatic rings. The summed E-state index contributed by atoms with van der Waals surface area (Å²) in [6.45, 7) is 4.43. The van der Waals surface area contributed by atoms with Crippen molar-refractivity contribution in [2.24, 2.45) is 0 Å². The van der Waals surface area contributed by atoms with Crippen molar-refractivity contribution in [3.8, 4) is 0 Å². The molecule has 1 N–H and O–H groups in total.